The lowest BCUT2D eigenvalue weighted by Crippen LogP contribution is -2.67. The molecule has 1 atom stereocenters. The highest BCUT2D eigenvalue weighted by molar-refractivity contribution is 6.08. The van der Waals surface area contributed by atoms with Gasteiger partial charge in [0.1, 0.15) is 6.61 Å². The first-order valence-corrected chi connectivity index (χ1v) is 9.16. The minimum absolute atomic E-state index is 0.132. The summed E-state index contributed by atoms with van der Waals surface area (Å²) in [7, 11) is 0. The third-order valence-corrected chi connectivity index (χ3v) is 4.59. The molecule has 1 aliphatic heterocycles. The fourth-order valence-corrected chi connectivity index (χ4v) is 3.19. The maximum Gasteiger partial charge on any atom is 0.336 e. The molecule has 0 unspecified atom stereocenters. The zero-order valence-electron chi connectivity index (χ0n) is 16.0. The van der Waals surface area contributed by atoms with Crippen molar-refractivity contribution in [1.29, 1.82) is 0 Å². The van der Waals surface area contributed by atoms with Crippen LogP contribution in [0.2, 0.25) is 0 Å². The summed E-state index contributed by atoms with van der Waals surface area (Å²) in [5.41, 5.74) is 1.07. The highest BCUT2D eigenvalue weighted by Gasteiger charge is 2.50. The summed E-state index contributed by atoms with van der Waals surface area (Å²) < 4.78 is 5.56. The van der Waals surface area contributed by atoms with E-state index in [2.05, 4.69) is 10.6 Å². The number of nitrogens with one attached hydrogen (secondary N) is 2. The second-order valence-corrected chi connectivity index (χ2v) is 7.97. The van der Waals surface area contributed by atoms with Crippen LogP contribution in [0, 0.1) is 0 Å². The van der Waals surface area contributed by atoms with Crippen molar-refractivity contribution in [2.45, 2.75) is 51.4 Å². The smallest absolute Gasteiger partial charge is 0.336 e. The van der Waals surface area contributed by atoms with E-state index in [0.717, 1.165) is 16.7 Å². The molecule has 5 heteroatoms. The minimum Gasteiger partial charge on any atom is -0.459 e. The van der Waals surface area contributed by atoms with Gasteiger partial charge in [-0.25, -0.2) is 4.79 Å². The normalized spacial score (nSPS) is 19.1. The van der Waals surface area contributed by atoms with E-state index in [0.29, 0.717) is 6.54 Å². The average molecular weight is 366 g/mol. The van der Waals surface area contributed by atoms with Crippen LogP contribution in [0.5, 0.6) is 0 Å². The molecular weight excluding hydrogens is 340 g/mol. The van der Waals surface area contributed by atoms with Gasteiger partial charge in [0.15, 0.2) is 0 Å². The SMILES string of the molecule is CC(C)(C)NC(=O)[C@]1(C(=O)OCc2ccccc2)Cc2ccccc2CN1. The molecule has 2 aromatic rings. The Hall–Kier alpha value is -2.66. The van der Waals surface area contributed by atoms with Crippen molar-refractivity contribution in [1.82, 2.24) is 10.6 Å². The lowest BCUT2D eigenvalue weighted by atomic mass is 9.83. The molecule has 5 nitrogen and oxygen atoms in total. The van der Waals surface area contributed by atoms with Gasteiger partial charge in [-0.3, -0.25) is 10.1 Å². The van der Waals surface area contributed by atoms with E-state index < -0.39 is 17.0 Å². The van der Waals surface area contributed by atoms with E-state index >= 15 is 0 Å². The molecule has 1 amide bonds. The number of fused-ring (bicyclic) bond motifs is 1. The summed E-state index contributed by atoms with van der Waals surface area (Å²) in [6.45, 7) is 6.25. The van der Waals surface area contributed by atoms with E-state index in [1.54, 1.807) is 0 Å². The van der Waals surface area contributed by atoms with Gasteiger partial charge in [-0.05, 0) is 37.5 Å². The number of ether oxygens (including phenoxy) is 1. The third-order valence-electron chi connectivity index (χ3n) is 4.59. The first-order valence-electron chi connectivity index (χ1n) is 9.16. The highest BCUT2D eigenvalue weighted by atomic mass is 16.5. The Morgan fingerprint density at radius 3 is 2.33 bits per heavy atom. The monoisotopic (exact) mass is 366 g/mol. The maximum atomic E-state index is 13.1. The first kappa shape index (κ1) is 19.1. The second kappa shape index (κ2) is 7.53. The van der Waals surface area contributed by atoms with Crippen molar-refractivity contribution < 1.29 is 14.3 Å². The number of esters is 1. The summed E-state index contributed by atoms with van der Waals surface area (Å²) in [6, 6.07) is 17.3. The number of carbonyl (C=O) groups is 2. The van der Waals surface area contributed by atoms with Crippen molar-refractivity contribution in [3.05, 3.63) is 71.3 Å². The predicted octanol–water partition coefficient (Wildman–Crippen LogP) is 2.73. The number of benzene rings is 2. The van der Waals surface area contributed by atoms with Crippen LogP contribution in [0.3, 0.4) is 0 Å². The fraction of sp³-hybridized carbons (Fsp3) is 0.364. The van der Waals surface area contributed by atoms with Crippen molar-refractivity contribution in [2.75, 3.05) is 0 Å². The molecule has 0 bridgehead atoms. The van der Waals surface area contributed by atoms with Gasteiger partial charge in [-0.15, -0.1) is 0 Å². The molecule has 0 spiro atoms. The van der Waals surface area contributed by atoms with Crippen LogP contribution >= 0.6 is 0 Å². The Kier molecular flexibility index (Phi) is 5.33. The zero-order chi connectivity index (χ0) is 19.5. The molecule has 2 N–H and O–H groups in total. The van der Waals surface area contributed by atoms with Crippen molar-refractivity contribution >= 4 is 11.9 Å². The van der Waals surface area contributed by atoms with Crippen LogP contribution in [0.15, 0.2) is 54.6 Å². The van der Waals surface area contributed by atoms with Gasteiger partial charge in [-0.1, -0.05) is 54.6 Å². The van der Waals surface area contributed by atoms with Crippen molar-refractivity contribution in [2.24, 2.45) is 0 Å². The van der Waals surface area contributed by atoms with Crippen molar-refractivity contribution in [3.63, 3.8) is 0 Å². The van der Waals surface area contributed by atoms with Gasteiger partial charge < -0.3 is 10.1 Å². The highest BCUT2D eigenvalue weighted by Crippen LogP contribution is 2.26. The molecule has 0 fully saturated rings. The second-order valence-electron chi connectivity index (χ2n) is 7.97. The van der Waals surface area contributed by atoms with E-state index in [-0.39, 0.29) is 18.9 Å². The molecule has 0 radical (unpaired) electrons. The van der Waals surface area contributed by atoms with E-state index in [9.17, 15) is 9.59 Å². The number of amides is 1. The molecule has 3 rings (SSSR count). The molecule has 27 heavy (non-hydrogen) atoms. The Morgan fingerprint density at radius 1 is 1.04 bits per heavy atom. The van der Waals surface area contributed by atoms with E-state index in [1.165, 1.54) is 0 Å². The van der Waals surface area contributed by atoms with Crippen LogP contribution in [0.4, 0.5) is 0 Å². The van der Waals surface area contributed by atoms with Crippen LogP contribution in [-0.4, -0.2) is 23.0 Å². The van der Waals surface area contributed by atoms with Gasteiger partial charge in [-0.2, -0.15) is 0 Å². The van der Waals surface area contributed by atoms with Crippen LogP contribution in [-0.2, 0) is 33.9 Å². The van der Waals surface area contributed by atoms with Crippen molar-refractivity contribution in [3.8, 4) is 0 Å². The molecule has 0 saturated carbocycles. The quantitative estimate of drug-likeness (QED) is 0.645. The Bertz CT molecular complexity index is 827. The first-order chi connectivity index (χ1) is 12.8. The Morgan fingerprint density at radius 2 is 1.67 bits per heavy atom. The zero-order valence-corrected chi connectivity index (χ0v) is 16.0. The van der Waals surface area contributed by atoms with Gasteiger partial charge in [0.05, 0.1) is 0 Å². The molecule has 0 aliphatic carbocycles. The molecule has 2 aromatic carbocycles. The minimum atomic E-state index is -1.43. The Labute approximate surface area is 160 Å². The maximum absolute atomic E-state index is 13.1. The topological polar surface area (TPSA) is 67.4 Å². The average Bonchev–Trinajstić information content (AvgIpc) is 2.65. The lowest BCUT2D eigenvalue weighted by molar-refractivity contribution is -0.158. The van der Waals surface area contributed by atoms with Crippen LogP contribution in [0.1, 0.15) is 37.5 Å². The number of carbonyl (C=O) groups excluding carboxylic acids is 2. The summed E-state index contributed by atoms with van der Waals surface area (Å²) in [5.74, 6) is -0.912. The predicted molar refractivity (Wildman–Crippen MR) is 104 cm³/mol. The Balaban J connectivity index is 1.86. The van der Waals surface area contributed by atoms with Crippen LogP contribution in [0.25, 0.3) is 0 Å². The van der Waals surface area contributed by atoms with Crippen LogP contribution < -0.4 is 10.6 Å². The largest absolute Gasteiger partial charge is 0.459 e. The lowest BCUT2D eigenvalue weighted by Gasteiger charge is -2.37. The van der Waals surface area contributed by atoms with Gasteiger partial charge in [0.2, 0.25) is 5.54 Å². The number of hydrogen-bond donors (Lipinski definition) is 2. The standard InChI is InChI=1S/C22H26N2O3/c1-21(2,3)24-19(25)22(13-17-11-7-8-12-18(17)14-23-22)20(26)27-15-16-9-5-4-6-10-16/h4-12,23H,13-15H2,1-3H3,(H,24,25)/t22-/m0/s1. The third kappa shape index (κ3) is 4.37. The van der Waals surface area contributed by atoms with E-state index in [4.69, 9.17) is 4.74 Å². The van der Waals surface area contributed by atoms with E-state index in [1.807, 2.05) is 75.4 Å². The molecule has 1 aliphatic rings. The van der Waals surface area contributed by atoms with Gasteiger partial charge in [0, 0.05) is 18.5 Å². The molecule has 0 aromatic heterocycles. The van der Waals surface area contributed by atoms with Gasteiger partial charge in [0.25, 0.3) is 5.91 Å². The summed E-state index contributed by atoms with van der Waals surface area (Å²) in [5, 5.41) is 6.10. The van der Waals surface area contributed by atoms with Gasteiger partial charge >= 0.3 is 5.97 Å². The summed E-state index contributed by atoms with van der Waals surface area (Å²) in [6.07, 6.45) is 0.263. The molecule has 1 heterocycles. The molecule has 0 saturated heterocycles. The summed E-state index contributed by atoms with van der Waals surface area (Å²) in [4.78, 5) is 26.2. The number of rotatable bonds is 4. The number of hydrogen-bond acceptors (Lipinski definition) is 4. The summed E-state index contributed by atoms with van der Waals surface area (Å²) >= 11 is 0. The molecule has 142 valence electrons. The molecular formula is C22H26N2O3. The fourth-order valence-electron chi connectivity index (χ4n) is 3.19.